The Balaban J connectivity index is 1.91. The van der Waals surface area contributed by atoms with Gasteiger partial charge in [0.25, 0.3) is 0 Å². The predicted octanol–water partition coefficient (Wildman–Crippen LogP) is 2.20. The average molecular weight is 280 g/mol. The lowest BCUT2D eigenvalue weighted by Crippen LogP contribution is -2.50. The van der Waals surface area contributed by atoms with Gasteiger partial charge in [0.1, 0.15) is 5.82 Å². The molecule has 2 rings (SSSR count). The quantitative estimate of drug-likeness (QED) is 0.898. The first-order chi connectivity index (χ1) is 9.60. The molecule has 1 N–H and O–H groups in total. The van der Waals surface area contributed by atoms with E-state index in [2.05, 4.69) is 9.80 Å². The maximum absolute atomic E-state index is 12.9. The molecule has 1 unspecified atom stereocenters. The number of carboxylic acid groups (broad SMARTS) is 1. The number of piperazine rings is 1. The lowest BCUT2D eigenvalue weighted by atomic mass is 10.1. The van der Waals surface area contributed by atoms with Crippen LogP contribution in [0.2, 0.25) is 0 Å². The van der Waals surface area contributed by atoms with E-state index in [1.807, 2.05) is 6.92 Å². The highest BCUT2D eigenvalue weighted by atomic mass is 19.1. The Morgan fingerprint density at radius 3 is 2.35 bits per heavy atom. The summed E-state index contributed by atoms with van der Waals surface area (Å²) in [6.45, 7) is 5.43. The van der Waals surface area contributed by atoms with E-state index in [1.54, 1.807) is 12.1 Å². The maximum atomic E-state index is 12.9. The van der Waals surface area contributed by atoms with Crippen molar-refractivity contribution < 1.29 is 14.3 Å². The highest BCUT2D eigenvalue weighted by Gasteiger charge is 2.24. The molecule has 1 aliphatic heterocycles. The van der Waals surface area contributed by atoms with Crippen LogP contribution in [0.1, 0.15) is 19.8 Å². The van der Waals surface area contributed by atoms with Crippen LogP contribution in [0.25, 0.3) is 0 Å². The van der Waals surface area contributed by atoms with Gasteiger partial charge in [-0.1, -0.05) is 6.92 Å². The molecular formula is C15H21FN2O2. The fourth-order valence-electron chi connectivity index (χ4n) is 2.73. The van der Waals surface area contributed by atoms with E-state index in [4.69, 9.17) is 5.11 Å². The Morgan fingerprint density at radius 1 is 1.25 bits per heavy atom. The van der Waals surface area contributed by atoms with Crippen LogP contribution in [0.3, 0.4) is 0 Å². The summed E-state index contributed by atoms with van der Waals surface area (Å²) in [5.41, 5.74) is 1.03. The summed E-state index contributed by atoms with van der Waals surface area (Å²) in [7, 11) is 0. The van der Waals surface area contributed by atoms with Crippen molar-refractivity contribution in [2.75, 3.05) is 31.1 Å². The van der Waals surface area contributed by atoms with E-state index >= 15 is 0 Å². The van der Waals surface area contributed by atoms with Gasteiger partial charge in [0.15, 0.2) is 0 Å². The number of carbonyl (C=O) groups is 1. The van der Waals surface area contributed by atoms with Crippen LogP contribution in [0.4, 0.5) is 10.1 Å². The third-order valence-electron chi connectivity index (χ3n) is 3.90. The van der Waals surface area contributed by atoms with Gasteiger partial charge in [-0.25, -0.2) is 4.39 Å². The molecule has 1 fully saturated rings. The summed E-state index contributed by atoms with van der Waals surface area (Å²) in [6, 6.07) is 6.64. The molecule has 110 valence electrons. The molecule has 0 bridgehead atoms. The summed E-state index contributed by atoms with van der Waals surface area (Å²) in [5, 5.41) is 8.93. The Hall–Kier alpha value is -1.62. The van der Waals surface area contributed by atoms with Crippen LogP contribution in [-0.2, 0) is 4.79 Å². The van der Waals surface area contributed by atoms with Crippen LogP contribution in [0, 0.1) is 5.82 Å². The second-order valence-corrected chi connectivity index (χ2v) is 5.16. The van der Waals surface area contributed by atoms with Gasteiger partial charge in [-0.2, -0.15) is 0 Å². The van der Waals surface area contributed by atoms with Crippen molar-refractivity contribution in [1.82, 2.24) is 4.90 Å². The standard InChI is InChI=1S/C15H21FN2O2/c1-2-13(11-15(19)20)17-7-9-18(10-8-17)14-5-3-12(16)4-6-14/h3-6,13H,2,7-11H2,1H3,(H,19,20). The van der Waals surface area contributed by atoms with Crippen molar-refractivity contribution in [3.05, 3.63) is 30.1 Å². The van der Waals surface area contributed by atoms with E-state index in [9.17, 15) is 9.18 Å². The molecule has 4 nitrogen and oxygen atoms in total. The van der Waals surface area contributed by atoms with Crippen LogP contribution in [0.15, 0.2) is 24.3 Å². The summed E-state index contributed by atoms with van der Waals surface area (Å²) in [6.07, 6.45) is 1.05. The lowest BCUT2D eigenvalue weighted by molar-refractivity contribution is -0.138. The second-order valence-electron chi connectivity index (χ2n) is 5.16. The zero-order valence-electron chi connectivity index (χ0n) is 11.8. The number of halogens is 1. The van der Waals surface area contributed by atoms with Gasteiger partial charge in [0.05, 0.1) is 6.42 Å². The fraction of sp³-hybridized carbons (Fsp3) is 0.533. The smallest absolute Gasteiger partial charge is 0.304 e. The molecule has 5 heteroatoms. The third-order valence-corrected chi connectivity index (χ3v) is 3.90. The molecule has 1 saturated heterocycles. The predicted molar refractivity (Wildman–Crippen MR) is 76.5 cm³/mol. The SMILES string of the molecule is CCC(CC(=O)O)N1CCN(c2ccc(F)cc2)CC1. The Morgan fingerprint density at radius 2 is 1.85 bits per heavy atom. The van der Waals surface area contributed by atoms with E-state index < -0.39 is 5.97 Å². The minimum Gasteiger partial charge on any atom is -0.481 e. The van der Waals surface area contributed by atoms with Gasteiger partial charge in [-0.15, -0.1) is 0 Å². The van der Waals surface area contributed by atoms with Crippen molar-refractivity contribution in [2.45, 2.75) is 25.8 Å². The zero-order chi connectivity index (χ0) is 14.5. The highest BCUT2D eigenvalue weighted by Crippen LogP contribution is 2.19. The first-order valence-electron chi connectivity index (χ1n) is 7.06. The van der Waals surface area contributed by atoms with Crippen molar-refractivity contribution in [2.24, 2.45) is 0 Å². The monoisotopic (exact) mass is 280 g/mol. The number of rotatable bonds is 5. The number of anilines is 1. The van der Waals surface area contributed by atoms with E-state index in [-0.39, 0.29) is 18.3 Å². The molecule has 0 aliphatic carbocycles. The Labute approximate surface area is 118 Å². The molecule has 0 aromatic heterocycles. The first-order valence-corrected chi connectivity index (χ1v) is 7.06. The molecule has 1 aliphatic rings. The van der Waals surface area contributed by atoms with Gasteiger partial charge in [0.2, 0.25) is 0 Å². The molecule has 1 heterocycles. The normalized spacial score (nSPS) is 18.0. The molecule has 0 amide bonds. The van der Waals surface area contributed by atoms with Crippen molar-refractivity contribution in [3.8, 4) is 0 Å². The lowest BCUT2D eigenvalue weighted by Gasteiger charge is -2.39. The van der Waals surface area contributed by atoms with Gasteiger partial charge in [-0.3, -0.25) is 9.69 Å². The maximum Gasteiger partial charge on any atom is 0.304 e. The molecule has 20 heavy (non-hydrogen) atoms. The van der Waals surface area contributed by atoms with Gasteiger partial charge in [-0.05, 0) is 30.7 Å². The number of hydrogen-bond acceptors (Lipinski definition) is 3. The highest BCUT2D eigenvalue weighted by molar-refractivity contribution is 5.67. The molecule has 1 aromatic carbocycles. The molecule has 0 saturated carbocycles. The summed E-state index contributed by atoms with van der Waals surface area (Å²) >= 11 is 0. The number of hydrogen-bond donors (Lipinski definition) is 1. The van der Waals surface area contributed by atoms with Gasteiger partial charge < -0.3 is 10.0 Å². The average Bonchev–Trinajstić information content (AvgIpc) is 2.46. The zero-order valence-corrected chi connectivity index (χ0v) is 11.8. The fourth-order valence-corrected chi connectivity index (χ4v) is 2.73. The minimum absolute atomic E-state index is 0.114. The summed E-state index contributed by atoms with van der Waals surface area (Å²) in [4.78, 5) is 15.3. The van der Waals surface area contributed by atoms with Crippen LogP contribution < -0.4 is 4.90 Å². The van der Waals surface area contributed by atoms with Crippen molar-refractivity contribution in [3.63, 3.8) is 0 Å². The first kappa shape index (κ1) is 14.8. The van der Waals surface area contributed by atoms with E-state index in [0.29, 0.717) is 0 Å². The third kappa shape index (κ3) is 3.70. The number of aliphatic carboxylic acids is 1. The molecular weight excluding hydrogens is 259 g/mol. The molecule has 0 spiro atoms. The van der Waals surface area contributed by atoms with Crippen molar-refractivity contribution >= 4 is 11.7 Å². The minimum atomic E-state index is -0.738. The number of benzene rings is 1. The van der Waals surface area contributed by atoms with E-state index in [0.717, 1.165) is 38.3 Å². The summed E-state index contributed by atoms with van der Waals surface area (Å²) < 4.78 is 12.9. The second kappa shape index (κ2) is 6.70. The van der Waals surface area contributed by atoms with Crippen LogP contribution in [-0.4, -0.2) is 48.2 Å². The molecule has 1 atom stereocenters. The number of nitrogens with zero attached hydrogens (tertiary/aromatic N) is 2. The molecule has 1 aromatic rings. The number of carboxylic acids is 1. The van der Waals surface area contributed by atoms with Crippen LogP contribution in [0.5, 0.6) is 0 Å². The largest absolute Gasteiger partial charge is 0.481 e. The summed E-state index contributed by atoms with van der Waals surface area (Å²) in [5.74, 6) is -0.960. The van der Waals surface area contributed by atoms with E-state index in [1.165, 1.54) is 12.1 Å². The Bertz CT molecular complexity index is 442. The van der Waals surface area contributed by atoms with Crippen LogP contribution >= 0.6 is 0 Å². The van der Waals surface area contributed by atoms with Gasteiger partial charge >= 0.3 is 5.97 Å². The molecule has 0 radical (unpaired) electrons. The topological polar surface area (TPSA) is 43.8 Å². The van der Waals surface area contributed by atoms with Gasteiger partial charge in [0, 0.05) is 37.9 Å². The Kier molecular flexibility index (Phi) is 4.95. The van der Waals surface area contributed by atoms with Crippen molar-refractivity contribution in [1.29, 1.82) is 0 Å².